The lowest BCUT2D eigenvalue weighted by molar-refractivity contribution is 0.102. The number of methoxy groups -OCH3 is 1. The molecule has 2 N–H and O–H groups in total. The van der Waals surface area contributed by atoms with E-state index in [1.807, 2.05) is 30.3 Å². The van der Waals surface area contributed by atoms with Gasteiger partial charge in [0.2, 0.25) is 0 Å². The second kappa shape index (κ2) is 8.45. The molecule has 0 spiro atoms. The van der Waals surface area contributed by atoms with E-state index in [1.165, 1.54) is 12.4 Å². The molecule has 2 aromatic carbocycles. The molecule has 7 nitrogen and oxygen atoms in total. The maximum Gasteiger partial charge on any atom is 0.275 e. The molecule has 0 atom stereocenters. The first kappa shape index (κ1) is 17.9. The van der Waals surface area contributed by atoms with E-state index in [1.54, 1.807) is 31.4 Å². The normalized spacial score (nSPS) is 9.93. The van der Waals surface area contributed by atoms with Gasteiger partial charge in [0, 0.05) is 17.8 Å². The van der Waals surface area contributed by atoms with Crippen LogP contribution < -0.4 is 15.4 Å². The summed E-state index contributed by atoms with van der Waals surface area (Å²) in [7, 11) is 1.62. The Kier molecular flexibility index (Phi) is 5.60. The van der Waals surface area contributed by atoms with E-state index in [0.717, 1.165) is 11.3 Å². The molecule has 1 aromatic heterocycles. The highest BCUT2D eigenvalue weighted by Gasteiger charge is 2.09. The minimum Gasteiger partial charge on any atom is -0.496 e. The predicted molar refractivity (Wildman–Crippen MR) is 101 cm³/mol. The molecular formula is C20H17N5O2. The van der Waals surface area contributed by atoms with Crippen LogP contribution in [-0.2, 0) is 6.54 Å². The molecule has 3 aromatic rings. The summed E-state index contributed by atoms with van der Waals surface area (Å²) < 4.78 is 5.31. The number of para-hydroxylation sites is 1. The first-order valence-corrected chi connectivity index (χ1v) is 8.19. The minimum atomic E-state index is -0.372. The van der Waals surface area contributed by atoms with Gasteiger partial charge in [-0.2, -0.15) is 5.26 Å². The molecule has 1 heterocycles. The van der Waals surface area contributed by atoms with E-state index in [9.17, 15) is 4.79 Å². The van der Waals surface area contributed by atoms with Crippen molar-refractivity contribution in [1.82, 2.24) is 9.97 Å². The molecule has 0 aliphatic rings. The van der Waals surface area contributed by atoms with E-state index >= 15 is 0 Å². The van der Waals surface area contributed by atoms with Gasteiger partial charge in [0.05, 0.1) is 31.1 Å². The van der Waals surface area contributed by atoms with Crippen molar-refractivity contribution in [3.8, 4) is 11.8 Å². The van der Waals surface area contributed by atoms with Crippen LogP contribution >= 0.6 is 0 Å². The highest BCUT2D eigenvalue weighted by atomic mass is 16.5. The number of carbonyl (C=O) groups excluding carboxylic acids is 1. The molecule has 134 valence electrons. The summed E-state index contributed by atoms with van der Waals surface area (Å²) >= 11 is 0. The van der Waals surface area contributed by atoms with E-state index in [4.69, 9.17) is 10.00 Å². The third-order valence-corrected chi connectivity index (χ3v) is 3.81. The number of carbonyl (C=O) groups is 1. The Hall–Kier alpha value is -3.92. The molecule has 0 bridgehead atoms. The summed E-state index contributed by atoms with van der Waals surface area (Å²) in [5.74, 6) is 0.968. The zero-order valence-corrected chi connectivity index (χ0v) is 14.6. The first-order valence-electron chi connectivity index (χ1n) is 8.19. The standard InChI is InChI=1S/C20H17N5O2/c1-27-18-5-3-2-4-15(18)11-23-19-13-22-17(12-24-19)20(26)25-16-8-6-14(10-21)7-9-16/h2-9,12-13H,11H2,1H3,(H,23,24)(H,25,26). The van der Waals surface area contributed by atoms with Gasteiger partial charge in [-0.3, -0.25) is 4.79 Å². The van der Waals surface area contributed by atoms with Gasteiger partial charge in [0.25, 0.3) is 5.91 Å². The van der Waals surface area contributed by atoms with Gasteiger partial charge >= 0.3 is 0 Å². The Labute approximate surface area is 156 Å². The average molecular weight is 359 g/mol. The van der Waals surface area contributed by atoms with Crippen molar-refractivity contribution < 1.29 is 9.53 Å². The van der Waals surface area contributed by atoms with Crippen LogP contribution in [0.1, 0.15) is 21.6 Å². The van der Waals surface area contributed by atoms with Crippen molar-refractivity contribution in [2.45, 2.75) is 6.54 Å². The molecule has 27 heavy (non-hydrogen) atoms. The fraction of sp³-hybridized carbons (Fsp3) is 0.100. The van der Waals surface area contributed by atoms with Crippen LogP contribution in [0.15, 0.2) is 60.9 Å². The number of amides is 1. The van der Waals surface area contributed by atoms with E-state index < -0.39 is 0 Å². The first-order chi connectivity index (χ1) is 13.2. The minimum absolute atomic E-state index is 0.196. The van der Waals surface area contributed by atoms with Crippen LogP contribution in [0.2, 0.25) is 0 Å². The summed E-state index contributed by atoms with van der Waals surface area (Å²) in [6, 6.07) is 16.3. The van der Waals surface area contributed by atoms with Crippen LogP contribution in [0.4, 0.5) is 11.5 Å². The fourth-order valence-electron chi connectivity index (χ4n) is 2.39. The summed E-state index contributed by atoms with van der Waals surface area (Å²) in [5, 5.41) is 14.7. The van der Waals surface area contributed by atoms with Crippen molar-refractivity contribution in [2.24, 2.45) is 0 Å². The summed E-state index contributed by atoms with van der Waals surface area (Å²) in [6.07, 6.45) is 2.91. The monoisotopic (exact) mass is 359 g/mol. The third kappa shape index (κ3) is 4.58. The quantitative estimate of drug-likeness (QED) is 0.701. The SMILES string of the molecule is COc1ccccc1CNc1cnc(C(=O)Nc2ccc(C#N)cc2)cn1. The number of ether oxygens (including phenoxy) is 1. The summed E-state index contributed by atoms with van der Waals surface area (Å²) in [5.41, 5.74) is 2.30. The van der Waals surface area contributed by atoms with Gasteiger partial charge < -0.3 is 15.4 Å². The maximum absolute atomic E-state index is 12.2. The molecule has 0 aliphatic heterocycles. The molecular weight excluding hydrogens is 342 g/mol. The van der Waals surface area contributed by atoms with Crippen molar-refractivity contribution in [2.75, 3.05) is 17.7 Å². The fourth-order valence-corrected chi connectivity index (χ4v) is 2.39. The molecule has 0 unspecified atom stereocenters. The molecule has 0 saturated heterocycles. The average Bonchev–Trinajstić information content (AvgIpc) is 2.73. The predicted octanol–water partition coefficient (Wildman–Crippen LogP) is 3.22. The van der Waals surface area contributed by atoms with Gasteiger partial charge in [-0.25, -0.2) is 9.97 Å². The Morgan fingerprint density at radius 3 is 2.56 bits per heavy atom. The van der Waals surface area contributed by atoms with Crippen LogP contribution in [0.5, 0.6) is 5.75 Å². The molecule has 0 fully saturated rings. The van der Waals surface area contributed by atoms with Crippen LogP contribution in [-0.4, -0.2) is 23.0 Å². The van der Waals surface area contributed by atoms with Gasteiger partial charge in [-0.15, -0.1) is 0 Å². The molecule has 7 heteroatoms. The lowest BCUT2D eigenvalue weighted by atomic mass is 10.2. The van der Waals surface area contributed by atoms with Crippen molar-refractivity contribution in [1.29, 1.82) is 5.26 Å². The van der Waals surface area contributed by atoms with Gasteiger partial charge in [0.15, 0.2) is 0 Å². The molecule has 0 saturated carbocycles. The largest absolute Gasteiger partial charge is 0.496 e. The van der Waals surface area contributed by atoms with Gasteiger partial charge in [0.1, 0.15) is 17.3 Å². The van der Waals surface area contributed by atoms with E-state index in [-0.39, 0.29) is 11.6 Å². The highest BCUT2D eigenvalue weighted by molar-refractivity contribution is 6.02. The molecule has 3 rings (SSSR count). The number of hydrogen-bond donors (Lipinski definition) is 2. The van der Waals surface area contributed by atoms with Crippen LogP contribution in [0.3, 0.4) is 0 Å². The third-order valence-electron chi connectivity index (χ3n) is 3.81. The summed E-state index contributed by atoms with van der Waals surface area (Å²) in [6.45, 7) is 0.523. The Morgan fingerprint density at radius 2 is 1.89 bits per heavy atom. The Morgan fingerprint density at radius 1 is 1.11 bits per heavy atom. The van der Waals surface area contributed by atoms with Gasteiger partial charge in [-0.1, -0.05) is 18.2 Å². The number of rotatable bonds is 6. The topological polar surface area (TPSA) is 99.9 Å². The van der Waals surface area contributed by atoms with Crippen molar-refractivity contribution in [3.63, 3.8) is 0 Å². The maximum atomic E-state index is 12.2. The van der Waals surface area contributed by atoms with E-state index in [2.05, 4.69) is 20.6 Å². The number of nitrogens with zero attached hydrogens (tertiary/aromatic N) is 3. The Balaban J connectivity index is 1.60. The molecule has 0 aliphatic carbocycles. The van der Waals surface area contributed by atoms with Crippen LogP contribution in [0.25, 0.3) is 0 Å². The number of anilines is 2. The number of aromatic nitrogens is 2. The van der Waals surface area contributed by atoms with Crippen molar-refractivity contribution >= 4 is 17.4 Å². The molecule has 1 amide bonds. The second-order valence-corrected chi connectivity index (χ2v) is 5.60. The number of nitrogens with one attached hydrogen (secondary N) is 2. The highest BCUT2D eigenvalue weighted by Crippen LogP contribution is 2.18. The van der Waals surface area contributed by atoms with Gasteiger partial charge in [-0.05, 0) is 30.3 Å². The number of nitriles is 1. The smallest absolute Gasteiger partial charge is 0.275 e. The zero-order valence-electron chi connectivity index (χ0n) is 14.6. The lowest BCUT2D eigenvalue weighted by Crippen LogP contribution is -2.14. The summed E-state index contributed by atoms with van der Waals surface area (Å²) in [4.78, 5) is 20.6. The lowest BCUT2D eigenvalue weighted by Gasteiger charge is -2.10. The van der Waals surface area contributed by atoms with Crippen molar-refractivity contribution in [3.05, 3.63) is 77.7 Å². The Bertz CT molecular complexity index is 963. The van der Waals surface area contributed by atoms with E-state index in [0.29, 0.717) is 23.6 Å². The van der Waals surface area contributed by atoms with Crippen LogP contribution in [0, 0.1) is 11.3 Å². The molecule has 0 radical (unpaired) electrons. The number of hydrogen-bond acceptors (Lipinski definition) is 6. The number of benzene rings is 2. The zero-order chi connectivity index (χ0) is 19.1. The second-order valence-electron chi connectivity index (χ2n) is 5.60.